The summed E-state index contributed by atoms with van der Waals surface area (Å²) in [5.74, 6) is -0.0220. The van der Waals surface area contributed by atoms with E-state index in [1.54, 1.807) is 38.2 Å². The number of benzene rings is 1. The lowest BCUT2D eigenvalue weighted by Crippen LogP contribution is -2.07. The minimum absolute atomic E-state index is 0.0953. The third kappa shape index (κ3) is 5.03. The van der Waals surface area contributed by atoms with Crippen LogP contribution in [0.5, 0.6) is 11.8 Å². The van der Waals surface area contributed by atoms with Gasteiger partial charge in [0.25, 0.3) is 0 Å². The molecule has 0 spiro atoms. The SMILES string of the molecule is COc1ccc(/C=N/Oc2ncc(F)c(N=CN(C)C)n2)cc1. The molecule has 1 heterocycles. The van der Waals surface area contributed by atoms with Crippen LogP contribution in [0.25, 0.3) is 0 Å². The monoisotopic (exact) mass is 317 g/mol. The van der Waals surface area contributed by atoms with Gasteiger partial charge in [-0.25, -0.2) is 9.38 Å². The normalized spacial score (nSPS) is 11.1. The van der Waals surface area contributed by atoms with Gasteiger partial charge >= 0.3 is 6.01 Å². The van der Waals surface area contributed by atoms with Gasteiger partial charge in [-0.05, 0) is 29.8 Å². The summed E-state index contributed by atoms with van der Waals surface area (Å²) in [6.07, 6.45) is 3.89. The molecule has 0 bridgehead atoms. The van der Waals surface area contributed by atoms with E-state index in [9.17, 15) is 4.39 Å². The van der Waals surface area contributed by atoms with E-state index < -0.39 is 5.82 Å². The molecular weight excluding hydrogens is 301 g/mol. The van der Waals surface area contributed by atoms with Gasteiger partial charge in [0.1, 0.15) is 5.75 Å². The van der Waals surface area contributed by atoms with Crippen molar-refractivity contribution in [2.24, 2.45) is 10.1 Å². The number of methoxy groups -OCH3 is 1. The Hall–Kier alpha value is -3.03. The maximum Gasteiger partial charge on any atom is 0.347 e. The zero-order valence-electron chi connectivity index (χ0n) is 13.0. The molecule has 0 saturated carbocycles. The van der Waals surface area contributed by atoms with Gasteiger partial charge in [0.05, 0.1) is 25.9 Å². The number of aromatic nitrogens is 2. The van der Waals surface area contributed by atoms with Crippen LogP contribution < -0.4 is 9.57 Å². The van der Waals surface area contributed by atoms with E-state index in [0.717, 1.165) is 17.5 Å². The number of hydrogen-bond donors (Lipinski definition) is 0. The number of oxime groups is 1. The van der Waals surface area contributed by atoms with E-state index in [4.69, 9.17) is 9.57 Å². The zero-order valence-corrected chi connectivity index (χ0v) is 13.0. The number of ether oxygens (including phenoxy) is 1. The van der Waals surface area contributed by atoms with Gasteiger partial charge in [0.2, 0.25) is 0 Å². The zero-order chi connectivity index (χ0) is 16.7. The predicted molar refractivity (Wildman–Crippen MR) is 85.0 cm³/mol. The number of hydrogen-bond acceptors (Lipinski definition) is 6. The van der Waals surface area contributed by atoms with Crippen molar-refractivity contribution < 1.29 is 14.0 Å². The summed E-state index contributed by atoms with van der Waals surface area (Å²) in [6.45, 7) is 0. The molecule has 120 valence electrons. The minimum Gasteiger partial charge on any atom is -0.497 e. The molecule has 1 aromatic carbocycles. The molecule has 0 amide bonds. The van der Waals surface area contributed by atoms with Crippen LogP contribution in [0.1, 0.15) is 5.56 Å². The minimum atomic E-state index is -0.644. The van der Waals surface area contributed by atoms with Crippen molar-refractivity contribution in [3.05, 3.63) is 41.8 Å². The second-order valence-electron chi connectivity index (χ2n) is 4.63. The predicted octanol–water partition coefficient (Wildman–Crippen LogP) is 2.26. The van der Waals surface area contributed by atoms with Gasteiger partial charge in [-0.3, -0.25) is 0 Å². The van der Waals surface area contributed by atoms with Gasteiger partial charge in [-0.1, -0.05) is 5.16 Å². The van der Waals surface area contributed by atoms with Crippen molar-refractivity contribution in [1.29, 1.82) is 0 Å². The highest BCUT2D eigenvalue weighted by Gasteiger charge is 2.06. The molecule has 0 fully saturated rings. The van der Waals surface area contributed by atoms with Gasteiger partial charge < -0.3 is 14.5 Å². The highest BCUT2D eigenvalue weighted by atomic mass is 19.1. The fourth-order valence-electron chi connectivity index (χ4n) is 1.47. The summed E-state index contributed by atoms with van der Waals surface area (Å²) in [7, 11) is 5.12. The van der Waals surface area contributed by atoms with Crippen molar-refractivity contribution in [3.8, 4) is 11.8 Å². The van der Waals surface area contributed by atoms with E-state index in [0.29, 0.717) is 0 Å². The molecule has 8 heteroatoms. The van der Waals surface area contributed by atoms with Crippen LogP contribution in [0, 0.1) is 5.82 Å². The van der Waals surface area contributed by atoms with E-state index in [1.165, 1.54) is 12.6 Å². The van der Waals surface area contributed by atoms with Crippen LogP contribution in [0.2, 0.25) is 0 Å². The molecule has 0 aliphatic carbocycles. The maximum atomic E-state index is 13.5. The summed E-state index contributed by atoms with van der Waals surface area (Å²) in [4.78, 5) is 18.1. The van der Waals surface area contributed by atoms with Crippen LogP contribution in [0.4, 0.5) is 10.2 Å². The van der Waals surface area contributed by atoms with Crippen molar-refractivity contribution in [1.82, 2.24) is 14.9 Å². The summed E-state index contributed by atoms with van der Waals surface area (Å²) in [6, 6.07) is 7.11. The molecule has 7 nitrogen and oxygen atoms in total. The Morgan fingerprint density at radius 1 is 1.22 bits per heavy atom. The lowest BCUT2D eigenvalue weighted by molar-refractivity contribution is 0.313. The fraction of sp³-hybridized carbons (Fsp3) is 0.200. The van der Waals surface area contributed by atoms with Gasteiger partial charge in [0, 0.05) is 14.1 Å². The van der Waals surface area contributed by atoms with Crippen LogP contribution in [0.3, 0.4) is 0 Å². The Balaban J connectivity index is 2.04. The Morgan fingerprint density at radius 3 is 2.61 bits per heavy atom. The molecule has 0 saturated heterocycles. The molecular formula is C15H16FN5O2. The molecule has 2 rings (SSSR count). The molecule has 0 N–H and O–H groups in total. The van der Waals surface area contributed by atoms with Crippen LogP contribution in [0.15, 0.2) is 40.6 Å². The van der Waals surface area contributed by atoms with E-state index in [-0.39, 0.29) is 11.8 Å². The average molecular weight is 317 g/mol. The van der Waals surface area contributed by atoms with Crippen LogP contribution in [-0.2, 0) is 0 Å². The standard InChI is InChI=1S/C15H16FN5O2/c1-21(2)10-18-14-13(16)9-17-15(20-14)23-19-8-11-4-6-12(22-3)7-5-11/h4-10H,1-3H3/b18-10?,19-8+. The highest BCUT2D eigenvalue weighted by Crippen LogP contribution is 2.16. The topological polar surface area (TPSA) is 72.2 Å². The van der Waals surface area contributed by atoms with Crippen molar-refractivity contribution in [2.75, 3.05) is 21.2 Å². The van der Waals surface area contributed by atoms with Crippen LogP contribution in [-0.4, -0.2) is 48.6 Å². The summed E-state index contributed by atoms with van der Waals surface area (Å²) < 4.78 is 18.6. The van der Waals surface area contributed by atoms with Crippen molar-refractivity contribution in [2.45, 2.75) is 0 Å². The van der Waals surface area contributed by atoms with Crippen molar-refractivity contribution >= 4 is 18.4 Å². The molecule has 2 aromatic rings. The van der Waals surface area contributed by atoms with Crippen LogP contribution >= 0.6 is 0 Å². The summed E-state index contributed by atoms with van der Waals surface area (Å²) in [5, 5.41) is 3.76. The summed E-state index contributed by atoms with van der Waals surface area (Å²) in [5.41, 5.74) is 0.804. The van der Waals surface area contributed by atoms with Gasteiger partial charge in [0.15, 0.2) is 11.6 Å². The first kappa shape index (κ1) is 16.3. The molecule has 0 atom stereocenters. The van der Waals surface area contributed by atoms with Crippen molar-refractivity contribution in [3.63, 3.8) is 0 Å². The highest BCUT2D eigenvalue weighted by molar-refractivity contribution is 5.79. The largest absolute Gasteiger partial charge is 0.497 e. The molecule has 0 radical (unpaired) electrons. The number of rotatable bonds is 6. The van der Waals surface area contributed by atoms with Gasteiger partial charge in [-0.15, -0.1) is 0 Å². The summed E-state index contributed by atoms with van der Waals surface area (Å²) >= 11 is 0. The molecule has 0 aliphatic rings. The van der Waals surface area contributed by atoms with E-state index in [1.807, 2.05) is 12.1 Å². The fourth-order valence-corrected chi connectivity index (χ4v) is 1.47. The Kier molecular flexibility index (Phi) is 5.56. The average Bonchev–Trinajstić information content (AvgIpc) is 2.55. The molecule has 23 heavy (non-hydrogen) atoms. The molecule has 0 aliphatic heterocycles. The third-order valence-electron chi connectivity index (χ3n) is 2.57. The number of aliphatic imine (C=N–C) groups is 1. The second kappa shape index (κ2) is 7.83. The Labute approximate surface area is 133 Å². The number of nitrogens with zero attached hydrogens (tertiary/aromatic N) is 5. The van der Waals surface area contributed by atoms with E-state index in [2.05, 4.69) is 20.1 Å². The third-order valence-corrected chi connectivity index (χ3v) is 2.57. The quantitative estimate of drug-likeness (QED) is 0.464. The smallest absolute Gasteiger partial charge is 0.347 e. The Bertz CT molecular complexity index is 702. The molecule has 0 unspecified atom stereocenters. The van der Waals surface area contributed by atoms with E-state index >= 15 is 0 Å². The first-order chi connectivity index (χ1) is 11.1. The number of halogens is 1. The lowest BCUT2D eigenvalue weighted by Gasteiger charge is -2.03. The molecule has 1 aromatic heterocycles. The second-order valence-corrected chi connectivity index (χ2v) is 4.63. The first-order valence-corrected chi connectivity index (χ1v) is 6.66. The Morgan fingerprint density at radius 2 is 1.96 bits per heavy atom. The first-order valence-electron chi connectivity index (χ1n) is 6.66. The lowest BCUT2D eigenvalue weighted by atomic mass is 10.2. The maximum absolute atomic E-state index is 13.5. The van der Waals surface area contributed by atoms with Gasteiger partial charge in [-0.2, -0.15) is 9.97 Å².